The van der Waals surface area contributed by atoms with Crippen LogP contribution < -0.4 is 0 Å². The van der Waals surface area contributed by atoms with Crippen molar-refractivity contribution in [2.24, 2.45) is 17.3 Å². The van der Waals surface area contributed by atoms with E-state index in [9.17, 15) is 0 Å². The zero-order chi connectivity index (χ0) is 17.1. The van der Waals surface area contributed by atoms with Crippen LogP contribution >= 0.6 is 0 Å². The Kier molecular flexibility index (Phi) is 3.25. The molecule has 1 heterocycles. The zero-order valence-corrected chi connectivity index (χ0v) is 14.9. The van der Waals surface area contributed by atoms with Gasteiger partial charge in [-0.15, -0.1) is 0 Å². The van der Waals surface area contributed by atoms with E-state index in [4.69, 9.17) is 9.47 Å². The van der Waals surface area contributed by atoms with Crippen LogP contribution in [-0.2, 0) is 9.47 Å². The summed E-state index contributed by atoms with van der Waals surface area (Å²) in [5, 5.41) is 0. The van der Waals surface area contributed by atoms with Gasteiger partial charge in [0, 0.05) is 11.3 Å². The van der Waals surface area contributed by atoms with E-state index in [1.807, 2.05) is 0 Å². The Balaban J connectivity index is 1.79. The first-order valence-corrected chi connectivity index (χ1v) is 9.31. The molecule has 128 valence electrons. The van der Waals surface area contributed by atoms with Crippen molar-refractivity contribution in [1.29, 1.82) is 0 Å². The summed E-state index contributed by atoms with van der Waals surface area (Å²) in [7, 11) is 0. The van der Waals surface area contributed by atoms with Crippen molar-refractivity contribution in [2.45, 2.75) is 26.1 Å². The number of rotatable bonds is 2. The van der Waals surface area contributed by atoms with E-state index in [2.05, 4.69) is 74.5 Å². The number of hydrogen-bond acceptors (Lipinski definition) is 2. The first-order chi connectivity index (χ1) is 12.2. The highest BCUT2D eigenvalue weighted by Crippen LogP contribution is 2.71. The number of allylic oxidation sites excluding steroid dienone is 1. The number of ether oxygens (including phenoxy) is 2. The summed E-state index contributed by atoms with van der Waals surface area (Å²) in [6, 6.07) is 21.7. The maximum Gasteiger partial charge on any atom is 0.181 e. The van der Waals surface area contributed by atoms with Gasteiger partial charge in [0.05, 0.1) is 13.2 Å². The molecule has 1 saturated carbocycles. The molecule has 0 radical (unpaired) electrons. The highest BCUT2D eigenvalue weighted by molar-refractivity contribution is 5.98. The number of hydrogen-bond donors (Lipinski definition) is 0. The van der Waals surface area contributed by atoms with Crippen LogP contribution in [0.2, 0.25) is 0 Å². The Morgan fingerprint density at radius 3 is 2.00 bits per heavy atom. The molecule has 2 nitrogen and oxygen atoms in total. The van der Waals surface area contributed by atoms with Crippen LogP contribution in [0.25, 0.3) is 11.1 Å². The van der Waals surface area contributed by atoms with Gasteiger partial charge >= 0.3 is 0 Å². The fourth-order valence-electron chi connectivity index (χ4n) is 5.70. The molecule has 3 atom stereocenters. The number of fused-ring (bicyclic) bond motifs is 3. The van der Waals surface area contributed by atoms with Gasteiger partial charge in [-0.25, -0.2) is 0 Å². The lowest BCUT2D eigenvalue weighted by Crippen LogP contribution is -2.49. The molecule has 2 aliphatic carbocycles. The Hall–Kier alpha value is -1.90. The van der Waals surface area contributed by atoms with E-state index in [1.54, 1.807) is 0 Å². The zero-order valence-electron chi connectivity index (χ0n) is 14.9. The maximum atomic E-state index is 6.33. The normalized spacial score (nSPS) is 32.7. The van der Waals surface area contributed by atoms with Crippen molar-refractivity contribution in [3.05, 3.63) is 71.8 Å². The van der Waals surface area contributed by atoms with Gasteiger partial charge in [0.25, 0.3) is 0 Å². The second-order valence-corrected chi connectivity index (χ2v) is 7.82. The predicted molar refractivity (Wildman–Crippen MR) is 99.7 cm³/mol. The molecule has 2 fully saturated rings. The lowest BCUT2D eigenvalue weighted by atomic mass is 9.68. The first kappa shape index (κ1) is 15.4. The minimum Gasteiger partial charge on any atom is -0.346 e. The molecule has 1 aliphatic heterocycles. The van der Waals surface area contributed by atoms with Crippen LogP contribution in [0.4, 0.5) is 0 Å². The Labute approximate surface area is 149 Å². The summed E-state index contributed by atoms with van der Waals surface area (Å²) >= 11 is 0. The van der Waals surface area contributed by atoms with E-state index in [0.29, 0.717) is 25.0 Å². The summed E-state index contributed by atoms with van der Waals surface area (Å²) in [5.41, 5.74) is 5.45. The van der Waals surface area contributed by atoms with E-state index in [1.165, 1.54) is 22.3 Å². The summed E-state index contributed by atoms with van der Waals surface area (Å²) in [6.45, 7) is 6.07. The lowest BCUT2D eigenvalue weighted by molar-refractivity contribution is -0.224. The highest BCUT2D eigenvalue weighted by atomic mass is 16.7. The van der Waals surface area contributed by atoms with Gasteiger partial charge in [0.1, 0.15) is 0 Å². The molecule has 1 saturated heterocycles. The van der Waals surface area contributed by atoms with E-state index >= 15 is 0 Å². The highest BCUT2D eigenvalue weighted by Gasteiger charge is 2.70. The van der Waals surface area contributed by atoms with Crippen LogP contribution in [0.3, 0.4) is 0 Å². The quantitative estimate of drug-likeness (QED) is 0.769. The molecule has 2 heteroatoms. The first-order valence-electron chi connectivity index (χ1n) is 9.31. The van der Waals surface area contributed by atoms with Gasteiger partial charge in [-0.2, -0.15) is 0 Å². The fraction of sp³-hybridized carbons (Fsp3) is 0.391. The van der Waals surface area contributed by atoms with Crippen molar-refractivity contribution in [1.82, 2.24) is 0 Å². The van der Waals surface area contributed by atoms with Gasteiger partial charge in [-0.3, -0.25) is 0 Å². The minimum atomic E-state index is -0.471. The molecule has 5 rings (SSSR count). The Morgan fingerprint density at radius 2 is 1.40 bits per heavy atom. The SMILES string of the molecule is C[C@@H]1[C@H]2C[C@](C)(C(c3ccccc3)=C2c2ccccc2)C12OCCO2. The Bertz CT molecular complexity index is 818. The van der Waals surface area contributed by atoms with Gasteiger partial charge < -0.3 is 9.47 Å². The summed E-state index contributed by atoms with van der Waals surface area (Å²) in [4.78, 5) is 0. The fourth-order valence-corrected chi connectivity index (χ4v) is 5.70. The van der Waals surface area contributed by atoms with Crippen LogP contribution in [0.15, 0.2) is 60.7 Å². The molecule has 2 aromatic carbocycles. The molecule has 0 amide bonds. The average molecular weight is 332 g/mol. The molecule has 0 N–H and O–H groups in total. The molecule has 0 aromatic heterocycles. The predicted octanol–water partition coefficient (Wildman–Crippen LogP) is 5.02. The summed E-state index contributed by atoms with van der Waals surface area (Å²) in [6.07, 6.45) is 1.10. The monoisotopic (exact) mass is 332 g/mol. The van der Waals surface area contributed by atoms with Crippen LogP contribution in [0.5, 0.6) is 0 Å². The van der Waals surface area contributed by atoms with Gasteiger partial charge in [0.2, 0.25) is 0 Å². The standard InChI is InChI=1S/C23H24O2/c1-16-19-15-22(2,23(16)24-13-14-25-23)21(18-11-7-4-8-12-18)20(19)17-9-5-3-6-10-17/h3-12,16,19H,13-15H2,1-2H3/t16-,19-,22-/m1/s1. The van der Waals surface area contributed by atoms with E-state index in [0.717, 1.165) is 6.42 Å². The summed E-state index contributed by atoms with van der Waals surface area (Å²) < 4.78 is 12.7. The van der Waals surface area contributed by atoms with Crippen molar-refractivity contribution < 1.29 is 9.47 Å². The average Bonchev–Trinajstić information content (AvgIpc) is 3.31. The molecule has 1 spiro atoms. The second-order valence-electron chi connectivity index (χ2n) is 7.82. The van der Waals surface area contributed by atoms with Gasteiger partial charge in [0.15, 0.2) is 5.79 Å². The molecule has 0 unspecified atom stereocenters. The third-order valence-corrected chi connectivity index (χ3v) is 6.66. The summed E-state index contributed by atoms with van der Waals surface area (Å²) in [5.74, 6) is 0.365. The van der Waals surface area contributed by atoms with Crippen molar-refractivity contribution in [2.75, 3.05) is 13.2 Å². The van der Waals surface area contributed by atoms with Crippen LogP contribution in [0.1, 0.15) is 31.4 Å². The smallest absolute Gasteiger partial charge is 0.181 e. The third kappa shape index (κ3) is 1.87. The third-order valence-electron chi connectivity index (χ3n) is 6.66. The molecular formula is C23H24O2. The van der Waals surface area contributed by atoms with Crippen molar-refractivity contribution in [3.8, 4) is 0 Å². The van der Waals surface area contributed by atoms with Crippen LogP contribution in [-0.4, -0.2) is 19.0 Å². The van der Waals surface area contributed by atoms with Crippen molar-refractivity contribution >= 4 is 11.1 Å². The maximum absolute atomic E-state index is 6.33. The second kappa shape index (κ2) is 5.30. The molecule has 25 heavy (non-hydrogen) atoms. The topological polar surface area (TPSA) is 18.5 Å². The van der Waals surface area contributed by atoms with Crippen molar-refractivity contribution in [3.63, 3.8) is 0 Å². The largest absolute Gasteiger partial charge is 0.346 e. The van der Waals surface area contributed by atoms with E-state index < -0.39 is 5.79 Å². The lowest BCUT2D eigenvalue weighted by Gasteiger charge is -2.46. The molecule has 2 aromatic rings. The molecule has 3 aliphatic rings. The van der Waals surface area contributed by atoms with Gasteiger partial charge in [-0.05, 0) is 34.6 Å². The van der Waals surface area contributed by atoms with Crippen LogP contribution in [0, 0.1) is 17.3 Å². The minimum absolute atomic E-state index is 0.111. The Morgan fingerprint density at radius 1 is 0.840 bits per heavy atom. The molecular weight excluding hydrogens is 308 g/mol. The van der Waals surface area contributed by atoms with E-state index in [-0.39, 0.29) is 5.41 Å². The van der Waals surface area contributed by atoms with Gasteiger partial charge in [-0.1, -0.05) is 74.5 Å². The number of benzene rings is 2. The molecule has 2 bridgehead atoms.